The minimum absolute atomic E-state index is 0.110. The first kappa shape index (κ1) is 11.6. The van der Waals surface area contributed by atoms with Gasteiger partial charge in [-0.25, -0.2) is 0 Å². The van der Waals surface area contributed by atoms with E-state index < -0.39 is 16.4 Å². The van der Waals surface area contributed by atoms with Crippen LogP contribution >= 0.6 is 0 Å². The van der Waals surface area contributed by atoms with Gasteiger partial charge in [-0.15, -0.1) is 0 Å². The first-order valence-electron chi connectivity index (χ1n) is 4.71. The van der Waals surface area contributed by atoms with Gasteiger partial charge in [0.1, 0.15) is 0 Å². The summed E-state index contributed by atoms with van der Waals surface area (Å²) in [4.78, 5) is 10.1. The summed E-state index contributed by atoms with van der Waals surface area (Å²) in [7, 11) is 0. The van der Waals surface area contributed by atoms with Crippen LogP contribution in [0.2, 0.25) is 0 Å². The van der Waals surface area contributed by atoms with Crippen molar-refractivity contribution in [2.75, 3.05) is 0 Å². The molecule has 0 aliphatic carbocycles. The van der Waals surface area contributed by atoms with Gasteiger partial charge in [-0.2, -0.15) is 4.39 Å². The molecule has 81 valence electrons. The molecule has 0 bridgehead atoms. The highest BCUT2D eigenvalue weighted by molar-refractivity contribution is 5.48. The Kier molecular flexibility index (Phi) is 3.39. The summed E-state index contributed by atoms with van der Waals surface area (Å²) in [5.41, 5.74) is 0.778. The largest absolute Gasteiger partial charge is 0.308 e. The van der Waals surface area contributed by atoms with Crippen LogP contribution in [-0.4, -0.2) is 4.92 Å². The molecule has 0 heterocycles. The van der Waals surface area contributed by atoms with E-state index in [0.717, 1.165) is 11.6 Å². The third-order valence-corrected chi connectivity index (χ3v) is 2.49. The van der Waals surface area contributed by atoms with Crippen molar-refractivity contribution in [3.8, 4) is 0 Å². The molecule has 1 atom stereocenters. The number of nitrogens with zero attached hydrogens (tertiary/aromatic N) is 1. The number of rotatable bonds is 3. The van der Waals surface area contributed by atoms with Gasteiger partial charge >= 0.3 is 5.69 Å². The zero-order valence-electron chi connectivity index (χ0n) is 8.79. The molecule has 0 N–H and O–H groups in total. The number of hydrogen-bond acceptors (Lipinski definition) is 2. The highest BCUT2D eigenvalue weighted by Gasteiger charge is 2.24. The van der Waals surface area contributed by atoms with Gasteiger partial charge in [0.2, 0.25) is 5.82 Å². The number of hydrogen-bond donors (Lipinski definition) is 0. The van der Waals surface area contributed by atoms with Crippen molar-refractivity contribution in [3.05, 3.63) is 46.1 Å². The summed E-state index contributed by atoms with van der Waals surface area (Å²) in [5, 5.41) is 10.8. The summed E-state index contributed by atoms with van der Waals surface area (Å²) in [5.74, 6) is -0.887. The lowest BCUT2D eigenvalue weighted by atomic mass is 9.92. The van der Waals surface area contributed by atoms with Gasteiger partial charge < -0.3 is 0 Å². The number of nitro groups is 1. The van der Waals surface area contributed by atoms with Crippen LogP contribution in [0.15, 0.2) is 12.1 Å². The lowest BCUT2D eigenvalue weighted by Gasteiger charge is -2.12. The second-order valence-corrected chi connectivity index (χ2v) is 3.57. The molecule has 3 nitrogen and oxygen atoms in total. The monoisotopic (exact) mass is 210 g/mol. The summed E-state index contributed by atoms with van der Waals surface area (Å²) in [6.07, 6.45) is 0.505. The van der Waals surface area contributed by atoms with E-state index in [1.807, 2.05) is 6.92 Å². The molecule has 1 aromatic rings. The van der Waals surface area contributed by atoms with Crippen molar-refractivity contribution in [2.45, 2.75) is 26.2 Å². The molecular formula is C11H13FNO2. The van der Waals surface area contributed by atoms with E-state index in [2.05, 4.69) is 6.92 Å². The third kappa shape index (κ3) is 2.14. The Morgan fingerprint density at radius 2 is 2.20 bits per heavy atom. The molecular weight excluding hydrogens is 197 g/mol. The maximum absolute atomic E-state index is 13.3. The van der Waals surface area contributed by atoms with Crippen molar-refractivity contribution in [3.63, 3.8) is 0 Å². The lowest BCUT2D eigenvalue weighted by molar-refractivity contribution is -0.388. The van der Waals surface area contributed by atoms with E-state index >= 15 is 0 Å². The Morgan fingerprint density at radius 1 is 1.60 bits per heavy atom. The predicted octanol–water partition coefficient (Wildman–Crippen LogP) is 3.37. The number of benzene rings is 1. The average molecular weight is 210 g/mol. The normalized spacial score (nSPS) is 12.5. The van der Waals surface area contributed by atoms with Gasteiger partial charge in [-0.1, -0.05) is 19.9 Å². The predicted molar refractivity (Wildman–Crippen MR) is 56.2 cm³/mol. The topological polar surface area (TPSA) is 43.1 Å². The fourth-order valence-electron chi connectivity index (χ4n) is 1.63. The molecule has 1 rings (SSSR count). The van der Waals surface area contributed by atoms with E-state index in [9.17, 15) is 14.5 Å². The van der Waals surface area contributed by atoms with Crippen molar-refractivity contribution < 1.29 is 9.31 Å². The average Bonchev–Trinajstić information content (AvgIpc) is 2.19. The second-order valence-electron chi connectivity index (χ2n) is 3.57. The summed E-state index contributed by atoms with van der Waals surface area (Å²) in [6.45, 7) is 7.24. The Labute approximate surface area is 88.1 Å². The second kappa shape index (κ2) is 4.38. The maximum Gasteiger partial charge on any atom is 0.308 e. The molecule has 0 saturated carbocycles. The fraction of sp³-hybridized carbons (Fsp3) is 0.364. The molecule has 0 aromatic heterocycles. The van der Waals surface area contributed by atoms with Crippen molar-refractivity contribution in [2.24, 2.45) is 0 Å². The third-order valence-electron chi connectivity index (χ3n) is 2.49. The van der Waals surface area contributed by atoms with E-state index in [0.29, 0.717) is 12.0 Å². The van der Waals surface area contributed by atoms with E-state index in [4.69, 9.17) is 0 Å². The fourth-order valence-corrected chi connectivity index (χ4v) is 1.63. The van der Waals surface area contributed by atoms with Crippen LogP contribution in [0, 0.1) is 29.8 Å². The smallest absolute Gasteiger partial charge is 0.258 e. The van der Waals surface area contributed by atoms with Crippen LogP contribution in [0.4, 0.5) is 10.1 Å². The van der Waals surface area contributed by atoms with Crippen LogP contribution in [0.1, 0.15) is 30.4 Å². The minimum atomic E-state index is -0.777. The maximum atomic E-state index is 13.3. The Morgan fingerprint density at radius 3 is 2.67 bits per heavy atom. The molecule has 0 amide bonds. The quantitative estimate of drug-likeness (QED) is 0.567. The first-order chi connectivity index (χ1) is 6.99. The number of aryl methyl sites for hydroxylation is 1. The van der Waals surface area contributed by atoms with Crippen LogP contribution in [0.25, 0.3) is 0 Å². The number of nitro benzene ring substituents is 1. The minimum Gasteiger partial charge on any atom is -0.258 e. The summed E-state index contributed by atoms with van der Waals surface area (Å²) in [6, 6.07) is 2.69. The van der Waals surface area contributed by atoms with Crippen LogP contribution in [0.3, 0.4) is 0 Å². The number of halogens is 1. The van der Waals surface area contributed by atoms with Gasteiger partial charge in [0.15, 0.2) is 0 Å². The Bertz CT molecular complexity index is 390. The van der Waals surface area contributed by atoms with Crippen LogP contribution in [0.5, 0.6) is 0 Å². The lowest BCUT2D eigenvalue weighted by Crippen LogP contribution is -2.04. The molecule has 15 heavy (non-hydrogen) atoms. The molecule has 0 saturated heterocycles. The van der Waals surface area contributed by atoms with Gasteiger partial charge in [-0.3, -0.25) is 10.1 Å². The Hall–Kier alpha value is -1.45. The standard InChI is InChI=1S/C11H13FNO2/c1-4-7(2)10-8(3)5-6-9(12)11(10)13(14)15/h5-7H,1,4H2,2-3H3. The molecule has 0 spiro atoms. The molecule has 0 aliphatic rings. The molecule has 1 unspecified atom stereocenters. The van der Waals surface area contributed by atoms with Crippen molar-refractivity contribution in [1.82, 2.24) is 0 Å². The zero-order chi connectivity index (χ0) is 11.6. The zero-order valence-corrected chi connectivity index (χ0v) is 8.79. The molecule has 0 fully saturated rings. The molecule has 1 radical (unpaired) electrons. The molecule has 4 heteroatoms. The van der Waals surface area contributed by atoms with Crippen LogP contribution < -0.4 is 0 Å². The van der Waals surface area contributed by atoms with E-state index in [1.165, 1.54) is 0 Å². The van der Waals surface area contributed by atoms with Gasteiger partial charge in [-0.05, 0) is 30.9 Å². The molecule has 1 aromatic carbocycles. The van der Waals surface area contributed by atoms with Crippen molar-refractivity contribution >= 4 is 5.69 Å². The van der Waals surface area contributed by atoms with Crippen molar-refractivity contribution in [1.29, 1.82) is 0 Å². The van der Waals surface area contributed by atoms with E-state index in [-0.39, 0.29) is 5.92 Å². The molecule has 0 aliphatic heterocycles. The summed E-state index contributed by atoms with van der Waals surface area (Å²) < 4.78 is 13.3. The van der Waals surface area contributed by atoms with E-state index in [1.54, 1.807) is 13.0 Å². The van der Waals surface area contributed by atoms with Crippen LogP contribution in [-0.2, 0) is 0 Å². The summed E-state index contributed by atoms with van der Waals surface area (Å²) >= 11 is 0. The SMILES string of the molecule is [CH2]CC(C)c1c(C)ccc(F)c1[N+](=O)[O-]. The highest BCUT2D eigenvalue weighted by Crippen LogP contribution is 2.33. The van der Waals surface area contributed by atoms with Gasteiger partial charge in [0.05, 0.1) is 4.92 Å². The Balaban J connectivity index is 3.45. The van der Waals surface area contributed by atoms with Gasteiger partial charge in [0.25, 0.3) is 0 Å². The highest BCUT2D eigenvalue weighted by atomic mass is 19.1. The van der Waals surface area contributed by atoms with Gasteiger partial charge in [0, 0.05) is 5.56 Å². The first-order valence-corrected chi connectivity index (χ1v) is 4.71.